The van der Waals surface area contributed by atoms with Gasteiger partial charge in [-0.05, 0) is 33.9 Å². The molecule has 78 valence electrons. The highest BCUT2D eigenvalue weighted by Crippen LogP contribution is 2.26. The fourth-order valence-corrected chi connectivity index (χ4v) is 2.35. The van der Waals surface area contributed by atoms with Gasteiger partial charge < -0.3 is 0 Å². The van der Waals surface area contributed by atoms with Crippen molar-refractivity contribution < 1.29 is 4.79 Å². The van der Waals surface area contributed by atoms with E-state index in [1.54, 1.807) is 11.3 Å². The maximum absolute atomic E-state index is 11.8. The Balaban J connectivity index is 2.45. The van der Waals surface area contributed by atoms with Crippen LogP contribution in [0.25, 0.3) is 0 Å². The van der Waals surface area contributed by atoms with Gasteiger partial charge in [-0.25, -0.2) is 0 Å². The van der Waals surface area contributed by atoms with E-state index in [1.807, 2.05) is 47.2 Å². The van der Waals surface area contributed by atoms with Gasteiger partial charge in [-0.2, -0.15) is 11.3 Å². The summed E-state index contributed by atoms with van der Waals surface area (Å²) in [5.41, 5.74) is 1.92. The lowest BCUT2D eigenvalue weighted by atomic mass is 9.90. The lowest BCUT2D eigenvalue weighted by Gasteiger charge is -2.11. The summed E-state index contributed by atoms with van der Waals surface area (Å²) in [5, 5.41) is 3.92. The van der Waals surface area contributed by atoms with Crippen LogP contribution in [-0.2, 0) is 4.79 Å². The smallest absolute Gasteiger partial charge is 0.217 e. The molecule has 0 N–H and O–H groups in total. The van der Waals surface area contributed by atoms with Gasteiger partial charge in [0.05, 0.1) is 5.92 Å². The molecule has 0 amide bonds. The maximum atomic E-state index is 11.8. The Hall–Kier alpha value is -1.85. The predicted octanol–water partition coefficient (Wildman–Crippen LogP) is 3.08. The minimum absolute atomic E-state index is 0.190. The topological polar surface area (TPSA) is 17.1 Å². The number of benzene rings is 1. The van der Waals surface area contributed by atoms with Crippen LogP contribution in [0.3, 0.4) is 0 Å². The summed E-state index contributed by atoms with van der Waals surface area (Å²) in [4.78, 5) is 11.8. The second-order valence-electron chi connectivity index (χ2n) is 3.41. The first-order valence-corrected chi connectivity index (χ1v) is 5.84. The van der Waals surface area contributed by atoms with Gasteiger partial charge in [0.1, 0.15) is 0 Å². The highest BCUT2D eigenvalue weighted by atomic mass is 32.1. The number of thiophene rings is 1. The van der Waals surface area contributed by atoms with Crippen LogP contribution in [0.2, 0.25) is 0 Å². The average Bonchev–Trinajstić information content (AvgIpc) is 2.84. The number of terminal acetylenes is 1. The second kappa shape index (κ2) is 4.78. The Morgan fingerprint density at radius 3 is 2.50 bits per heavy atom. The number of carbonyl (C=O) groups is 1. The van der Waals surface area contributed by atoms with E-state index >= 15 is 0 Å². The fraction of sp³-hybridized carbons (Fsp3) is 0.0714. The Labute approximate surface area is 98.7 Å². The largest absolute Gasteiger partial charge is 0.284 e. The van der Waals surface area contributed by atoms with Gasteiger partial charge in [-0.1, -0.05) is 30.3 Å². The third-order valence-electron chi connectivity index (χ3n) is 2.41. The molecule has 16 heavy (non-hydrogen) atoms. The van der Waals surface area contributed by atoms with Gasteiger partial charge in [0.25, 0.3) is 0 Å². The van der Waals surface area contributed by atoms with Gasteiger partial charge >= 0.3 is 0 Å². The molecule has 2 heteroatoms. The third-order valence-corrected chi connectivity index (χ3v) is 3.12. The molecule has 1 unspecified atom stereocenters. The fourth-order valence-electron chi connectivity index (χ4n) is 1.66. The molecule has 0 spiro atoms. The predicted molar refractivity (Wildman–Crippen MR) is 66.4 cm³/mol. The quantitative estimate of drug-likeness (QED) is 0.580. The molecule has 1 heterocycles. The van der Waals surface area contributed by atoms with E-state index in [9.17, 15) is 4.79 Å². The van der Waals surface area contributed by atoms with Crippen LogP contribution in [0, 0.1) is 12.3 Å². The minimum atomic E-state index is -0.322. The number of carbonyl (C=O) groups excluding carboxylic acids is 1. The van der Waals surface area contributed by atoms with E-state index < -0.39 is 0 Å². The summed E-state index contributed by atoms with van der Waals surface area (Å²) >= 11 is 1.57. The van der Waals surface area contributed by atoms with Crippen molar-refractivity contribution in [1.82, 2.24) is 0 Å². The van der Waals surface area contributed by atoms with E-state index in [0.29, 0.717) is 0 Å². The molecule has 0 fully saturated rings. The molecule has 2 aromatic rings. The summed E-state index contributed by atoms with van der Waals surface area (Å²) in [6, 6.07) is 11.6. The Bertz CT molecular complexity index is 505. The zero-order valence-corrected chi connectivity index (χ0v) is 9.41. The van der Waals surface area contributed by atoms with Crippen molar-refractivity contribution in [2.24, 2.45) is 0 Å². The van der Waals surface area contributed by atoms with Crippen molar-refractivity contribution in [3.63, 3.8) is 0 Å². The van der Waals surface area contributed by atoms with E-state index in [4.69, 9.17) is 6.42 Å². The van der Waals surface area contributed by atoms with Crippen molar-refractivity contribution in [3.8, 4) is 12.3 Å². The van der Waals surface area contributed by atoms with Crippen LogP contribution in [0.1, 0.15) is 17.0 Å². The first kappa shape index (κ1) is 10.7. The molecule has 0 bridgehead atoms. The molecular weight excluding hydrogens is 216 g/mol. The van der Waals surface area contributed by atoms with Gasteiger partial charge in [0.15, 0.2) is 0 Å². The zero-order valence-electron chi connectivity index (χ0n) is 8.59. The average molecular weight is 226 g/mol. The minimum Gasteiger partial charge on any atom is -0.284 e. The molecular formula is C14H10OS. The molecule has 0 radical (unpaired) electrons. The SMILES string of the molecule is C#CC(=O)C(c1ccccc1)c1ccsc1. The van der Waals surface area contributed by atoms with Crippen molar-refractivity contribution in [2.45, 2.75) is 5.92 Å². The van der Waals surface area contributed by atoms with Crippen molar-refractivity contribution in [1.29, 1.82) is 0 Å². The van der Waals surface area contributed by atoms with Gasteiger partial charge in [-0.15, -0.1) is 6.42 Å². The monoisotopic (exact) mass is 226 g/mol. The molecule has 2 rings (SSSR count). The highest BCUT2D eigenvalue weighted by molar-refractivity contribution is 7.08. The second-order valence-corrected chi connectivity index (χ2v) is 4.19. The Morgan fingerprint density at radius 1 is 1.19 bits per heavy atom. The molecule has 1 nitrogen and oxygen atoms in total. The molecule has 1 aromatic heterocycles. The highest BCUT2D eigenvalue weighted by Gasteiger charge is 2.20. The Kier molecular flexibility index (Phi) is 3.19. The third kappa shape index (κ3) is 2.05. The number of Topliss-reactive ketones (excluding diaryl/α,β-unsaturated/α-hetero) is 1. The summed E-state index contributed by atoms with van der Waals surface area (Å²) < 4.78 is 0. The standard InChI is InChI=1S/C14H10OS/c1-2-13(15)14(12-8-9-16-10-12)11-6-4-3-5-7-11/h1,3-10,14H. The normalized spacial score (nSPS) is 11.7. The molecule has 0 saturated carbocycles. The number of hydrogen-bond acceptors (Lipinski definition) is 2. The van der Waals surface area contributed by atoms with Crippen LogP contribution in [0.15, 0.2) is 47.2 Å². The van der Waals surface area contributed by atoms with Crippen molar-refractivity contribution in [3.05, 3.63) is 58.3 Å². The van der Waals surface area contributed by atoms with Gasteiger partial charge in [-0.3, -0.25) is 4.79 Å². The lowest BCUT2D eigenvalue weighted by Crippen LogP contribution is -2.10. The maximum Gasteiger partial charge on any atom is 0.217 e. The molecule has 1 atom stereocenters. The van der Waals surface area contributed by atoms with E-state index in [0.717, 1.165) is 11.1 Å². The van der Waals surface area contributed by atoms with Gasteiger partial charge in [0, 0.05) is 0 Å². The van der Waals surface area contributed by atoms with E-state index in [2.05, 4.69) is 5.92 Å². The van der Waals surface area contributed by atoms with Crippen LogP contribution in [-0.4, -0.2) is 5.78 Å². The van der Waals surface area contributed by atoms with Crippen molar-refractivity contribution >= 4 is 17.1 Å². The van der Waals surface area contributed by atoms with Crippen LogP contribution in [0.5, 0.6) is 0 Å². The summed E-state index contributed by atoms with van der Waals surface area (Å²) in [5.74, 6) is 1.71. The lowest BCUT2D eigenvalue weighted by molar-refractivity contribution is -0.114. The molecule has 0 aliphatic carbocycles. The first-order valence-electron chi connectivity index (χ1n) is 4.90. The van der Waals surface area contributed by atoms with Crippen LogP contribution >= 0.6 is 11.3 Å². The van der Waals surface area contributed by atoms with E-state index in [1.165, 1.54) is 0 Å². The Morgan fingerprint density at radius 2 is 1.94 bits per heavy atom. The number of hydrogen-bond donors (Lipinski definition) is 0. The van der Waals surface area contributed by atoms with Gasteiger partial charge in [0.2, 0.25) is 5.78 Å². The van der Waals surface area contributed by atoms with Crippen LogP contribution in [0.4, 0.5) is 0 Å². The summed E-state index contributed by atoms with van der Waals surface area (Å²) in [7, 11) is 0. The molecule has 0 aliphatic rings. The van der Waals surface area contributed by atoms with Crippen molar-refractivity contribution in [2.75, 3.05) is 0 Å². The number of rotatable bonds is 3. The molecule has 1 aromatic carbocycles. The summed E-state index contributed by atoms with van der Waals surface area (Å²) in [6.07, 6.45) is 5.22. The molecule has 0 aliphatic heterocycles. The van der Waals surface area contributed by atoms with Crippen LogP contribution < -0.4 is 0 Å². The molecule has 0 saturated heterocycles. The van der Waals surface area contributed by atoms with E-state index in [-0.39, 0.29) is 11.7 Å². The number of ketones is 1. The first-order chi connectivity index (χ1) is 7.83. The summed E-state index contributed by atoms with van der Waals surface area (Å²) in [6.45, 7) is 0. The zero-order chi connectivity index (χ0) is 11.4.